The first-order valence-corrected chi connectivity index (χ1v) is 6.09. The van der Waals surface area contributed by atoms with Gasteiger partial charge in [0.1, 0.15) is 0 Å². The van der Waals surface area contributed by atoms with Gasteiger partial charge in [0.25, 0.3) is 0 Å². The number of hydrogen-bond acceptors (Lipinski definition) is 4. The number of aryl methyl sites for hydroxylation is 2. The van der Waals surface area contributed by atoms with Gasteiger partial charge in [-0.2, -0.15) is 10.5 Å². The molecular formula is C16H20GeN4. The summed E-state index contributed by atoms with van der Waals surface area (Å²) in [5, 5.41) is 21.5. The van der Waals surface area contributed by atoms with Crippen molar-refractivity contribution in [3.8, 4) is 12.4 Å². The number of nitriles is 2. The van der Waals surface area contributed by atoms with Crippen molar-refractivity contribution in [2.24, 2.45) is 0 Å². The summed E-state index contributed by atoms with van der Waals surface area (Å²) in [6.45, 7) is 4.02. The zero-order chi connectivity index (χ0) is 14.8. The van der Waals surface area contributed by atoms with E-state index >= 15 is 0 Å². The number of rotatable bonds is 2. The second-order valence-corrected chi connectivity index (χ2v) is 4.21. The Morgan fingerprint density at radius 2 is 0.952 bits per heavy atom. The van der Waals surface area contributed by atoms with Crippen LogP contribution >= 0.6 is 0 Å². The number of nitrogens with zero attached hydrogens (tertiary/aromatic N) is 2. The van der Waals surface area contributed by atoms with Gasteiger partial charge in [0.2, 0.25) is 0 Å². The molecule has 0 atom stereocenters. The summed E-state index contributed by atoms with van der Waals surface area (Å²) in [5.74, 6) is 0. The third kappa shape index (κ3) is 7.66. The Bertz CT molecular complexity index is 549. The van der Waals surface area contributed by atoms with Gasteiger partial charge in [0.15, 0.2) is 12.4 Å². The molecule has 0 heterocycles. The van der Waals surface area contributed by atoms with Crippen molar-refractivity contribution in [2.75, 3.05) is 10.6 Å². The van der Waals surface area contributed by atoms with Crippen molar-refractivity contribution >= 4 is 29.0 Å². The molecule has 0 spiro atoms. The molecule has 0 aliphatic carbocycles. The summed E-state index contributed by atoms with van der Waals surface area (Å²) >= 11 is 0. The van der Waals surface area contributed by atoms with E-state index in [0.29, 0.717) is 0 Å². The van der Waals surface area contributed by atoms with E-state index in [1.165, 1.54) is 11.1 Å². The standard InChI is InChI=1S/2C8H8N2.GeH4/c2*1-7-2-4-8(5-3-7)10-6-9;/h2*2-5,10H,1H3;1H4. The van der Waals surface area contributed by atoms with Crippen LogP contribution in [0.5, 0.6) is 0 Å². The van der Waals surface area contributed by atoms with Crippen LogP contribution in [-0.4, -0.2) is 17.6 Å². The first-order valence-electron chi connectivity index (χ1n) is 6.09. The van der Waals surface area contributed by atoms with Gasteiger partial charge in [-0.25, -0.2) is 0 Å². The fourth-order valence-corrected chi connectivity index (χ4v) is 1.40. The van der Waals surface area contributed by atoms with E-state index in [1.54, 1.807) is 0 Å². The molecule has 0 saturated carbocycles. The van der Waals surface area contributed by atoms with Crippen LogP contribution in [0.25, 0.3) is 0 Å². The SMILES string of the molecule is Cc1ccc(NC#N)cc1.Cc1ccc(NC#N)cc1.[GeH4]. The summed E-state index contributed by atoms with van der Waals surface area (Å²) in [6, 6.07) is 15.3. The number of benzene rings is 2. The maximum atomic E-state index is 8.23. The molecule has 0 fully saturated rings. The van der Waals surface area contributed by atoms with Crippen LogP contribution in [0.3, 0.4) is 0 Å². The minimum absolute atomic E-state index is 0. The molecule has 108 valence electrons. The molecule has 2 aromatic rings. The molecular weight excluding hydrogens is 321 g/mol. The number of anilines is 2. The van der Waals surface area contributed by atoms with E-state index in [1.807, 2.05) is 74.8 Å². The topological polar surface area (TPSA) is 71.6 Å². The molecule has 2 aromatic carbocycles. The molecule has 0 aromatic heterocycles. The average Bonchev–Trinajstić information content (AvgIpc) is 2.45. The Kier molecular flexibility index (Phi) is 9.16. The Hall–Kier alpha value is -2.44. The molecule has 5 heteroatoms. The summed E-state index contributed by atoms with van der Waals surface area (Å²) in [4.78, 5) is 0. The average molecular weight is 341 g/mol. The third-order valence-corrected chi connectivity index (χ3v) is 2.50. The van der Waals surface area contributed by atoms with Crippen LogP contribution in [0.4, 0.5) is 11.4 Å². The van der Waals surface area contributed by atoms with Crippen molar-refractivity contribution in [3.63, 3.8) is 0 Å². The van der Waals surface area contributed by atoms with E-state index in [4.69, 9.17) is 10.5 Å². The normalized spacial score (nSPS) is 8.00. The minimum atomic E-state index is 0. The zero-order valence-electron chi connectivity index (χ0n) is 11.5. The molecule has 0 aliphatic heterocycles. The van der Waals surface area contributed by atoms with Crippen molar-refractivity contribution in [2.45, 2.75) is 13.8 Å². The molecule has 0 amide bonds. The Labute approximate surface area is 136 Å². The van der Waals surface area contributed by atoms with Crippen molar-refractivity contribution in [3.05, 3.63) is 59.7 Å². The predicted molar refractivity (Wildman–Crippen MR) is 92.2 cm³/mol. The molecule has 0 unspecified atom stereocenters. The molecule has 0 aliphatic rings. The number of nitrogens with one attached hydrogen (secondary N) is 2. The quantitative estimate of drug-likeness (QED) is 0.500. The molecule has 4 nitrogen and oxygen atoms in total. The second-order valence-electron chi connectivity index (χ2n) is 4.21. The van der Waals surface area contributed by atoms with Crippen LogP contribution in [0, 0.1) is 36.8 Å². The van der Waals surface area contributed by atoms with Gasteiger partial charge in [-0.15, -0.1) is 0 Å². The molecule has 0 saturated heterocycles. The Morgan fingerprint density at radius 3 is 1.19 bits per heavy atom. The second kappa shape index (κ2) is 10.4. The van der Waals surface area contributed by atoms with Gasteiger partial charge < -0.3 is 0 Å². The van der Waals surface area contributed by atoms with Gasteiger partial charge in [0, 0.05) is 11.4 Å². The van der Waals surface area contributed by atoms with E-state index in [-0.39, 0.29) is 17.6 Å². The van der Waals surface area contributed by atoms with Crippen LogP contribution in [0.15, 0.2) is 48.5 Å². The van der Waals surface area contributed by atoms with Crippen molar-refractivity contribution in [1.82, 2.24) is 0 Å². The summed E-state index contributed by atoms with van der Waals surface area (Å²) in [6.07, 6.45) is 3.71. The van der Waals surface area contributed by atoms with Gasteiger partial charge in [-0.3, -0.25) is 10.6 Å². The van der Waals surface area contributed by atoms with Gasteiger partial charge >= 0.3 is 17.6 Å². The zero-order valence-corrected chi connectivity index (χ0v) is 11.5. The molecule has 2 N–H and O–H groups in total. The van der Waals surface area contributed by atoms with E-state index < -0.39 is 0 Å². The fourth-order valence-electron chi connectivity index (χ4n) is 1.40. The Balaban J connectivity index is 0.000000364. The first-order chi connectivity index (χ1) is 9.65. The molecule has 21 heavy (non-hydrogen) atoms. The van der Waals surface area contributed by atoms with Crippen LogP contribution in [0.1, 0.15) is 11.1 Å². The monoisotopic (exact) mass is 342 g/mol. The van der Waals surface area contributed by atoms with Crippen LogP contribution in [0.2, 0.25) is 0 Å². The van der Waals surface area contributed by atoms with Gasteiger partial charge in [-0.1, -0.05) is 35.4 Å². The van der Waals surface area contributed by atoms with Crippen molar-refractivity contribution in [1.29, 1.82) is 10.5 Å². The number of hydrogen-bond donors (Lipinski definition) is 2. The third-order valence-electron chi connectivity index (χ3n) is 2.50. The van der Waals surface area contributed by atoms with Gasteiger partial charge in [-0.05, 0) is 38.1 Å². The summed E-state index contributed by atoms with van der Waals surface area (Å²) in [7, 11) is 0. The Morgan fingerprint density at radius 1 is 0.667 bits per heavy atom. The van der Waals surface area contributed by atoms with Crippen LogP contribution < -0.4 is 10.6 Å². The maximum absolute atomic E-state index is 8.23. The molecule has 0 radical (unpaired) electrons. The van der Waals surface area contributed by atoms with Crippen molar-refractivity contribution < 1.29 is 0 Å². The van der Waals surface area contributed by atoms with E-state index in [0.717, 1.165) is 11.4 Å². The van der Waals surface area contributed by atoms with Crippen LogP contribution in [-0.2, 0) is 0 Å². The predicted octanol–water partition coefficient (Wildman–Crippen LogP) is 2.32. The fraction of sp³-hybridized carbons (Fsp3) is 0.125. The van der Waals surface area contributed by atoms with Gasteiger partial charge in [0.05, 0.1) is 0 Å². The molecule has 0 bridgehead atoms. The van der Waals surface area contributed by atoms with E-state index in [2.05, 4.69) is 10.6 Å². The summed E-state index contributed by atoms with van der Waals surface area (Å²) < 4.78 is 0. The first kappa shape index (κ1) is 18.6. The molecule has 2 rings (SSSR count). The van der Waals surface area contributed by atoms with E-state index in [9.17, 15) is 0 Å². The summed E-state index contributed by atoms with van der Waals surface area (Å²) in [5.41, 5.74) is 4.08.